The van der Waals surface area contributed by atoms with Crippen molar-refractivity contribution >= 4 is 23.6 Å². The summed E-state index contributed by atoms with van der Waals surface area (Å²) in [6, 6.07) is 9.36. The Labute approximate surface area is 142 Å². The molecule has 23 heavy (non-hydrogen) atoms. The Hall–Kier alpha value is -1.49. The molecule has 0 aliphatic carbocycles. The predicted molar refractivity (Wildman–Crippen MR) is 92.9 cm³/mol. The number of carbonyl (C=O) groups is 2. The molecule has 0 spiro atoms. The maximum Gasteiger partial charge on any atom is 0.329 e. The van der Waals surface area contributed by atoms with Gasteiger partial charge in [0.1, 0.15) is 11.4 Å². The molecule has 1 aliphatic rings. The second-order valence-corrected chi connectivity index (χ2v) is 7.65. The molecule has 2 rings (SSSR count). The summed E-state index contributed by atoms with van der Waals surface area (Å²) in [6.45, 7) is 8.12. The second-order valence-electron chi connectivity index (χ2n) is 6.54. The van der Waals surface area contributed by atoms with E-state index >= 15 is 0 Å². The van der Waals surface area contributed by atoms with Crippen LogP contribution in [0.4, 0.5) is 0 Å². The fourth-order valence-electron chi connectivity index (χ4n) is 2.47. The first-order valence-electron chi connectivity index (χ1n) is 8.07. The summed E-state index contributed by atoms with van der Waals surface area (Å²) in [5.41, 5.74) is 1.05. The van der Waals surface area contributed by atoms with Crippen LogP contribution >= 0.6 is 11.8 Å². The first-order valence-corrected chi connectivity index (χ1v) is 9.12. The third-order valence-corrected chi connectivity index (χ3v) is 4.99. The summed E-state index contributed by atoms with van der Waals surface area (Å²) in [7, 11) is 0. The molecule has 0 aromatic heterocycles. The van der Waals surface area contributed by atoms with E-state index in [4.69, 9.17) is 4.74 Å². The van der Waals surface area contributed by atoms with Crippen molar-refractivity contribution in [2.24, 2.45) is 11.8 Å². The third-order valence-electron chi connectivity index (χ3n) is 3.66. The van der Waals surface area contributed by atoms with E-state index in [1.165, 1.54) is 0 Å². The summed E-state index contributed by atoms with van der Waals surface area (Å²) < 4.78 is 5.39. The molecule has 1 saturated heterocycles. The number of ether oxygens (including phenoxy) is 1. The quantitative estimate of drug-likeness (QED) is 0.773. The monoisotopic (exact) mass is 335 g/mol. The Morgan fingerprint density at radius 2 is 1.87 bits per heavy atom. The molecule has 126 valence electrons. The van der Waals surface area contributed by atoms with E-state index in [1.807, 2.05) is 58.0 Å². The summed E-state index contributed by atoms with van der Waals surface area (Å²) in [4.78, 5) is 26.8. The topological polar surface area (TPSA) is 46.6 Å². The summed E-state index contributed by atoms with van der Waals surface area (Å²) >= 11 is 1.62. The van der Waals surface area contributed by atoms with Gasteiger partial charge in [-0.3, -0.25) is 4.79 Å². The standard InChI is InChI=1S/C18H25NO3S/c1-12(2)10-22-18(21)15-11-23-17(14-8-6-5-7-9-14)19(15)16(20)13(3)4/h5-9,12-13,15,17H,10-11H2,1-4H3/t15-,17+/m1/s1. The molecule has 1 aromatic rings. The lowest BCUT2D eigenvalue weighted by Crippen LogP contribution is -2.45. The van der Waals surface area contributed by atoms with Gasteiger partial charge in [0.15, 0.2) is 0 Å². The first kappa shape index (κ1) is 17.9. The average molecular weight is 335 g/mol. The number of benzene rings is 1. The fourth-order valence-corrected chi connectivity index (χ4v) is 3.90. The van der Waals surface area contributed by atoms with Gasteiger partial charge >= 0.3 is 5.97 Å². The average Bonchev–Trinajstić information content (AvgIpc) is 2.97. The predicted octanol–water partition coefficient (Wildman–Crippen LogP) is 3.48. The molecule has 1 aromatic carbocycles. The zero-order chi connectivity index (χ0) is 17.0. The molecular weight excluding hydrogens is 310 g/mol. The summed E-state index contributed by atoms with van der Waals surface area (Å²) in [5.74, 6) is 0.413. The minimum absolute atomic E-state index is 0.00431. The lowest BCUT2D eigenvalue weighted by atomic mass is 10.1. The van der Waals surface area contributed by atoms with Crippen molar-refractivity contribution in [1.82, 2.24) is 4.90 Å². The van der Waals surface area contributed by atoms with Crippen molar-refractivity contribution in [1.29, 1.82) is 0 Å². The maximum absolute atomic E-state index is 12.7. The van der Waals surface area contributed by atoms with Crippen LogP contribution in [0.25, 0.3) is 0 Å². The molecule has 1 heterocycles. The molecule has 1 fully saturated rings. The maximum atomic E-state index is 12.7. The Morgan fingerprint density at radius 1 is 1.22 bits per heavy atom. The van der Waals surface area contributed by atoms with E-state index in [-0.39, 0.29) is 29.1 Å². The highest BCUT2D eigenvalue weighted by Crippen LogP contribution is 2.42. The number of hydrogen-bond acceptors (Lipinski definition) is 4. The Morgan fingerprint density at radius 3 is 2.43 bits per heavy atom. The Kier molecular flexibility index (Phi) is 6.10. The zero-order valence-electron chi connectivity index (χ0n) is 14.2. The second kappa shape index (κ2) is 7.86. The molecule has 1 aliphatic heterocycles. The lowest BCUT2D eigenvalue weighted by molar-refractivity contribution is -0.156. The molecule has 5 heteroatoms. The minimum Gasteiger partial charge on any atom is -0.464 e. The van der Waals surface area contributed by atoms with Crippen LogP contribution in [-0.4, -0.2) is 35.2 Å². The van der Waals surface area contributed by atoms with Gasteiger partial charge in [0.25, 0.3) is 0 Å². The number of rotatable bonds is 5. The smallest absolute Gasteiger partial charge is 0.329 e. The van der Waals surface area contributed by atoms with Gasteiger partial charge in [-0.15, -0.1) is 11.8 Å². The van der Waals surface area contributed by atoms with Gasteiger partial charge in [0.05, 0.1) is 6.61 Å². The van der Waals surface area contributed by atoms with Crippen molar-refractivity contribution in [3.8, 4) is 0 Å². The van der Waals surface area contributed by atoms with Crippen LogP contribution in [0.5, 0.6) is 0 Å². The lowest BCUT2D eigenvalue weighted by Gasteiger charge is -2.30. The largest absolute Gasteiger partial charge is 0.464 e. The highest BCUT2D eigenvalue weighted by atomic mass is 32.2. The van der Waals surface area contributed by atoms with Gasteiger partial charge in [-0.05, 0) is 11.5 Å². The molecule has 1 amide bonds. The van der Waals surface area contributed by atoms with E-state index in [2.05, 4.69) is 0 Å². The van der Waals surface area contributed by atoms with E-state index in [1.54, 1.807) is 16.7 Å². The van der Waals surface area contributed by atoms with E-state index < -0.39 is 6.04 Å². The normalized spacial score (nSPS) is 21.0. The number of thioether (sulfide) groups is 1. The van der Waals surface area contributed by atoms with Crippen molar-refractivity contribution in [2.75, 3.05) is 12.4 Å². The van der Waals surface area contributed by atoms with Crippen LogP contribution in [0, 0.1) is 11.8 Å². The number of amides is 1. The van der Waals surface area contributed by atoms with Crippen LogP contribution in [0.3, 0.4) is 0 Å². The van der Waals surface area contributed by atoms with Crippen LogP contribution in [-0.2, 0) is 14.3 Å². The molecule has 0 saturated carbocycles. The van der Waals surface area contributed by atoms with E-state index in [9.17, 15) is 9.59 Å². The molecular formula is C18H25NO3S. The molecule has 0 N–H and O–H groups in total. The highest BCUT2D eigenvalue weighted by Gasteiger charge is 2.43. The van der Waals surface area contributed by atoms with Crippen molar-refractivity contribution in [3.05, 3.63) is 35.9 Å². The highest BCUT2D eigenvalue weighted by molar-refractivity contribution is 7.99. The van der Waals surface area contributed by atoms with Crippen molar-refractivity contribution < 1.29 is 14.3 Å². The fraction of sp³-hybridized carbons (Fsp3) is 0.556. The minimum atomic E-state index is -0.501. The van der Waals surface area contributed by atoms with Crippen molar-refractivity contribution in [2.45, 2.75) is 39.1 Å². The third kappa shape index (κ3) is 4.28. The summed E-state index contributed by atoms with van der Waals surface area (Å²) in [6.07, 6.45) is 0. The number of hydrogen-bond donors (Lipinski definition) is 0. The van der Waals surface area contributed by atoms with Crippen LogP contribution < -0.4 is 0 Å². The van der Waals surface area contributed by atoms with Crippen molar-refractivity contribution in [3.63, 3.8) is 0 Å². The van der Waals surface area contributed by atoms with Crippen LogP contribution in [0.2, 0.25) is 0 Å². The van der Waals surface area contributed by atoms with Crippen LogP contribution in [0.15, 0.2) is 30.3 Å². The Bertz CT molecular complexity index is 544. The SMILES string of the molecule is CC(C)COC(=O)[C@H]1CS[C@@H](c2ccccc2)N1C(=O)C(C)C. The molecule has 2 atom stereocenters. The molecule has 0 unspecified atom stereocenters. The van der Waals surface area contributed by atoms with E-state index in [0.717, 1.165) is 5.56 Å². The van der Waals surface area contributed by atoms with Gasteiger partial charge in [0, 0.05) is 11.7 Å². The zero-order valence-corrected chi connectivity index (χ0v) is 15.0. The number of nitrogens with zero attached hydrogens (tertiary/aromatic N) is 1. The number of carbonyl (C=O) groups excluding carboxylic acids is 2. The van der Waals surface area contributed by atoms with Gasteiger partial charge in [0.2, 0.25) is 5.91 Å². The van der Waals surface area contributed by atoms with Gasteiger partial charge in [-0.2, -0.15) is 0 Å². The Balaban J connectivity index is 2.22. The molecule has 0 radical (unpaired) electrons. The van der Waals surface area contributed by atoms with E-state index in [0.29, 0.717) is 12.4 Å². The molecule has 0 bridgehead atoms. The number of esters is 1. The first-order chi connectivity index (χ1) is 10.9. The molecule has 4 nitrogen and oxygen atoms in total. The van der Waals surface area contributed by atoms with Crippen LogP contribution in [0.1, 0.15) is 38.6 Å². The van der Waals surface area contributed by atoms with Gasteiger partial charge in [-0.25, -0.2) is 4.79 Å². The van der Waals surface area contributed by atoms with Gasteiger partial charge in [-0.1, -0.05) is 58.0 Å². The van der Waals surface area contributed by atoms with Gasteiger partial charge < -0.3 is 9.64 Å². The summed E-state index contributed by atoms with van der Waals surface area (Å²) in [5, 5.41) is -0.123.